The van der Waals surface area contributed by atoms with Crippen molar-refractivity contribution < 1.29 is 13.2 Å². The van der Waals surface area contributed by atoms with Crippen LogP contribution in [0.3, 0.4) is 0 Å². The Balaban J connectivity index is 1.62. The molecule has 8 heteroatoms. The van der Waals surface area contributed by atoms with Crippen molar-refractivity contribution in [3.05, 3.63) is 12.3 Å². The van der Waals surface area contributed by atoms with Crippen molar-refractivity contribution >= 4 is 21.6 Å². The highest BCUT2D eigenvalue weighted by atomic mass is 32.2. The molecule has 0 spiro atoms. The SMILES string of the molecule is CN(c1ccnc(NCC2CCCO2)n1)C1CCS(=O)(=O)C1. The summed E-state index contributed by atoms with van der Waals surface area (Å²) < 4.78 is 28.8. The van der Waals surface area contributed by atoms with Gasteiger partial charge in [-0.1, -0.05) is 0 Å². The molecule has 3 rings (SSSR count). The van der Waals surface area contributed by atoms with Crippen molar-refractivity contribution in [2.75, 3.05) is 41.9 Å². The highest BCUT2D eigenvalue weighted by Gasteiger charge is 2.31. The predicted octanol–water partition coefficient (Wildman–Crippen LogP) is 0.691. The minimum atomic E-state index is -2.90. The van der Waals surface area contributed by atoms with Crippen LogP contribution < -0.4 is 10.2 Å². The summed E-state index contributed by atoms with van der Waals surface area (Å²) in [5.41, 5.74) is 0. The van der Waals surface area contributed by atoms with Gasteiger partial charge in [0.2, 0.25) is 5.95 Å². The molecule has 1 N–H and O–H groups in total. The van der Waals surface area contributed by atoms with Gasteiger partial charge < -0.3 is 15.0 Å². The fourth-order valence-electron chi connectivity index (χ4n) is 2.91. The number of hydrogen-bond acceptors (Lipinski definition) is 7. The lowest BCUT2D eigenvalue weighted by Gasteiger charge is -2.24. The minimum Gasteiger partial charge on any atom is -0.376 e. The van der Waals surface area contributed by atoms with Crippen LogP contribution in [0.2, 0.25) is 0 Å². The smallest absolute Gasteiger partial charge is 0.224 e. The topological polar surface area (TPSA) is 84.4 Å². The lowest BCUT2D eigenvalue weighted by atomic mass is 10.2. The van der Waals surface area contributed by atoms with Crippen LogP contribution in [0.1, 0.15) is 19.3 Å². The molecule has 22 heavy (non-hydrogen) atoms. The molecule has 0 saturated carbocycles. The molecule has 2 aliphatic heterocycles. The first-order valence-corrected chi connectivity index (χ1v) is 9.47. The summed E-state index contributed by atoms with van der Waals surface area (Å²) in [6, 6.07) is 1.80. The second-order valence-corrected chi connectivity index (χ2v) is 8.15. The fourth-order valence-corrected chi connectivity index (χ4v) is 4.68. The summed E-state index contributed by atoms with van der Waals surface area (Å²) in [5, 5.41) is 3.20. The van der Waals surface area contributed by atoms with E-state index in [-0.39, 0.29) is 23.7 Å². The largest absolute Gasteiger partial charge is 0.376 e. The Kier molecular flexibility index (Phi) is 4.49. The van der Waals surface area contributed by atoms with Crippen molar-refractivity contribution in [3.8, 4) is 0 Å². The second kappa shape index (κ2) is 6.37. The number of sulfone groups is 1. The van der Waals surface area contributed by atoms with Gasteiger partial charge in [0.1, 0.15) is 5.82 Å². The average Bonchev–Trinajstić information content (AvgIpc) is 3.14. The molecule has 2 unspecified atom stereocenters. The molecule has 2 atom stereocenters. The molecular weight excluding hydrogens is 304 g/mol. The van der Waals surface area contributed by atoms with Gasteiger partial charge in [0.25, 0.3) is 0 Å². The van der Waals surface area contributed by atoms with E-state index in [0.717, 1.165) is 25.3 Å². The molecule has 7 nitrogen and oxygen atoms in total. The van der Waals surface area contributed by atoms with E-state index in [1.165, 1.54) is 0 Å². The molecule has 0 aliphatic carbocycles. The Bertz CT molecular complexity index is 616. The molecule has 0 amide bonds. The number of ether oxygens (including phenoxy) is 1. The average molecular weight is 326 g/mol. The van der Waals surface area contributed by atoms with Crippen LogP contribution in [-0.2, 0) is 14.6 Å². The maximum absolute atomic E-state index is 11.6. The Morgan fingerprint density at radius 1 is 1.45 bits per heavy atom. The maximum atomic E-state index is 11.6. The zero-order valence-electron chi connectivity index (χ0n) is 12.7. The van der Waals surface area contributed by atoms with Gasteiger partial charge in [0.15, 0.2) is 9.84 Å². The summed E-state index contributed by atoms with van der Waals surface area (Å²) >= 11 is 0. The van der Waals surface area contributed by atoms with Gasteiger partial charge in [-0.15, -0.1) is 0 Å². The van der Waals surface area contributed by atoms with Crippen LogP contribution in [0.5, 0.6) is 0 Å². The van der Waals surface area contributed by atoms with E-state index in [0.29, 0.717) is 18.9 Å². The van der Waals surface area contributed by atoms with Crippen molar-refractivity contribution in [1.82, 2.24) is 9.97 Å². The van der Waals surface area contributed by atoms with Gasteiger partial charge in [-0.05, 0) is 25.3 Å². The maximum Gasteiger partial charge on any atom is 0.224 e. The van der Waals surface area contributed by atoms with Gasteiger partial charge in [-0.2, -0.15) is 4.98 Å². The normalized spacial score (nSPS) is 27.0. The van der Waals surface area contributed by atoms with Gasteiger partial charge >= 0.3 is 0 Å². The number of nitrogens with one attached hydrogen (secondary N) is 1. The number of anilines is 2. The third kappa shape index (κ3) is 3.67. The quantitative estimate of drug-likeness (QED) is 0.852. The molecular formula is C14H22N4O3S. The predicted molar refractivity (Wildman–Crippen MR) is 85.0 cm³/mol. The highest BCUT2D eigenvalue weighted by Crippen LogP contribution is 2.22. The minimum absolute atomic E-state index is 0.00841. The number of aromatic nitrogens is 2. The number of hydrogen-bond donors (Lipinski definition) is 1. The molecule has 0 bridgehead atoms. The first-order valence-electron chi connectivity index (χ1n) is 7.65. The van der Waals surface area contributed by atoms with Crippen LogP contribution in [-0.4, -0.2) is 62.2 Å². The van der Waals surface area contributed by atoms with Gasteiger partial charge in [0, 0.05) is 32.4 Å². The highest BCUT2D eigenvalue weighted by molar-refractivity contribution is 7.91. The number of rotatable bonds is 5. The zero-order chi connectivity index (χ0) is 15.6. The van der Waals surface area contributed by atoms with Crippen LogP contribution in [0.25, 0.3) is 0 Å². The molecule has 2 aliphatic rings. The first kappa shape index (κ1) is 15.5. The van der Waals surface area contributed by atoms with E-state index in [1.807, 2.05) is 18.0 Å². The molecule has 2 saturated heterocycles. The van der Waals surface area contributed by atoms with Crippen molar-refractivity contribution in [1.29, 1.82) is 0 Å². The van der Waals surface area contributed by atoms with E-state index >= 15 is 0 Å². The first-order chi connectivity index (χ1) is 10.5. The summed E-state index contributed by atoms with van der Waals surface area (Å²) in [6.07, 6.45) is 4.74. The standard InChI is InChI=1S/C14H22N4O3S/c1-18(11-5-8-22(19,20)10-11)13-4-6-15-14(17-13)16-9-12-3-2-7-21-12/h4,6,11-12H,2-3,5,7-10H2,1H3,(H,15,16,17). The molecule has 1 aromatic heterocycles. The van der Waals surface area contributed by atoms with E-state index < -0.39 is 9.84 Å². The Morgan fingerprint density at radius 3 is 3.00 bits per heavy atom. The van der Waals surface area contributed by atoms with Crippen molar-refractivity contribution in [2.45, 2.75) is 31.4 Å². The lowest BCUT2D eigenvalue weighted by Crippen LogP contribution is -2.33. The molecule has 1 aromatic rings. The molecule has 122 valence electrons. The van der Waals surface area contributed by atoms with Gasteiger partial charge in [-0.25, -0.2) is 13.4 Å². The zero-order valence-corrected chi connectivity index (χ0v) is 13.6. The van der Waals surface area contributed by atoms with Crippen LogP contribution in [0.4, 0.5) is 11.8 Å². The van der Waals surface area contributed by atoms with E-state index in [9.17, 15) is 8.42 Å². The number of nitrogens with zero attached hydrogens (tertiary/aromatic N) is 3. The second-order valence-electron chi connectivity index (χ2n) is 5.92. The van der Waals surface area contributed by atoms with Crippen LogP contribution in [0.15, 0.2) is 12.3 Å². The third-order valence-electron chi connectivity index (χ3n) is 4.27. The Hall–Kier alpha value is -1.41. The van der Waals surface area contributed by atoms with Crippen LogP contribution in [0, 0.1) is 0 Å². The molecule has 0 aromatic carbocycles. The summed E-state index contributed by atoms with van der Waals surface area (Å²) in [4.78, 5) is 10.6. The van der Waals surface area contributed by atoms with E-state index in [2.05, 4.69) is 15.3 Å². The molecule has 3 heterocycles. The summed E-state index contributed by atoms with van der Waals surface area (Å²) in [7, 11) is -1.01. The van der Waals surface area contributed by atoms with E-state index in [1.54, 1.807) is 6.20 Å². The summed E-state index contributed by atoms with van der Waals surface area (Å²) in [5.74, 6) is 1.76. The monoisotopic (exact) mass is 326 g/mol. The van der Waals surface area contributed by atoms with Crippen molar-refractivity contribution in [3.63, 3.8) is 0 Å². The van der Waals surface area contributed by atoms with Crippen LogP contribution >= 0.6 is 0 Å². The van der Waals surface area contributed by atoms with Gasteiger partial charge in [-0.3, -0.25) is 0 Å². The fraction of sp³-hybridized carbons (Fsp3) is 0.714. The molecule has 2 fully saturated rings. The summed E-state index contributed by atoms with van der Waals surface area (Å²) in [6.45, 7) is 1.52. The Morgan fingerprint density at radius 2 is 2.32 bits per heavy atom. The Labute approximate surface area is 131 Å². The lowest BCUT2D eigenvalue weighted by molar-refractivity contribution is 0.120. The van der Waals surface area contributed by atoms with Gasteiger partial charge in [0.05, 0.1) is 17.6 Å². The van der Waals surface area contributed by atoms with E-state index in [4.69, 9.17) is 4.74 Å². The van der Waals surface area contributed by atoms with Crippen molar-refractivity contribution in [2.24, 2.45) is 0 Å². The molecule has 0 radical (unpaired) electrons. The third-order valence-corrected chi connectivity index (χ3v) is 6.02.